The summed E-state index contributed by atoms with van der Waals surface area (Å²) >= 11 is 7.62. The van der Waals surface area contributed by atoms with Crippen LogP contribution in [0.4, 0.5) is 10.8 Å². The van der Waals surface area contributed by atoms with Gasteiger partial charge in [0.05, 0.1) is 5.69 Å². The zero-order valence-electron chi connectivity index (χ0n) is 12.6. The van der Waals surface area contributed by atoms with E-state index in [2.05, 4.69) is 43.4 Å². The molecular weight excluding hydrogens is 312 g/mol. The lowest BCUT2D eigenvalue weighted by Gasteiger charge is -2.02. The van der Waals surface area contributed by atoms with Crippen LogP contribution in [0.25, 0.3) is 11.3 Å². The van der Waals surface area contributed by atoms with Crippen molar-refractivity contribution in [2.75, 3.05) is 5.32 Å². The van der Waals surface area contributed by atoms with Crippen LogP contribution in [0.1, 0.15) is 17.4 Å². The van der Waals surface area contributed by atoms with E-state index in [-0.39, 0.29) is 0 Å². The Kier molecular flexibility index (Phi) is 4.46. The first-order valence-corrected chi connectivity index (χ1v) is 8.44. The standard InChI is InChI=1S/C18H17ClN2S/c1-3-16-17(13-6-4-12(2)5-7-13)21-18(22-16)20-15-10-8-14(19)9-11-15/h4-11H,3H2,1-2H3,(H,20,21). The Balaban J connectivity index is 1.90. The molecule has 0 atom stereocenters. The Morgan fingerprint density at radius 1 is 1.05 bits per heavy atom. The molecule has 0 unspecified atom stereocenters. The smallest absolute Gasteiger partial charge is 0.187 e. The van der Waals surface area contributed by atoms with Crippen molar-refractivity contribution in [1.29, 1.82) is 0 Å². The molecular formula is C18H17ClN2S. The Morgan fingerprint density at radius 2 is 1.73 bits per heavy atom. The van der Waals surface area contributed by atoms with E-state index in [1.807, 2.05) is 24.3 Å². The summed E-state index contributed by atoms with van der Waals surface area (Å²) in [7, 11) is 0. The third-order valence-electron chi connectivity index (χ3n) is 3.44. The molecule has 112 valence electrons. The fraction of sp³-hybridized carbons (Fsp3) is 0.167. The number of nitrogens with zero attached hydrogens (tertiary/aromatic N) is 1. The quantitative estimate of drug-likeness (QED) is 0.628. The van der Waals surface area contributed by atoms with Gasteiger partial charge in [-0.05, 0) is 37.6 Å². The van der Waals surface area contributed by atoms with Gasteiger partial charge in [-0.1, -0.05) is 48.4 Å². The van der Waals surface area contributed by atoms with Gasteiger partial charge in [-0.25, -0.2) is 4.98 Å². The normalized spacial score (nSPS) is 10.7. The Hall–Kier alpha value is -1.84. The number of nitrogens with one attached hydrogen (secondary N) is 1. The first-order chi connectivity index (χ1) is 10.7. The minimum Gasteiger partial charge on any atom is -0.332 e. The zero-order valence-corrected chi connectivity index (χ0v) is 14.1. The first-order valence-electron chi connectivity index (χ1n) is 7.25. The van der Waals surface area contributed by atoms with Gasteiger partial charge >= 0.3 is 0 Å². The minimum absolute atomic E-state index is 0.735. The van der Waals surface area contributed by atoms with Crippen LogP contribution in [-0.2, 0) is 6.42 Å². The molecule has 1 aromatic heterocycles. The second kappa shape index (κ2) is 6.51. The second-order valence-electron chi connectivity index (χ2n) is 5.14. The predicted octanol–water partition coefficient (Wildman–Crippen LogP) is 6.08. The molecule has 0 aliphatic heterocycles. The van der Waals surface area contributed by atoms with E-state index in [0.717, 1.165) is 28.0 Å². The van der Waals surface area contributed by atoms with Crippen LogP contribution in [0.3, 0.4) is 0 Å². The Labute approximate surface area is 139 Å². The lowest BCUT2D eigenvalue weighted by molar-refractivity contribution is 1.17. The summed E-state index contributed by atoms with van der Waals surface area (Å²) in [5, 5.41) is 5.00. The van der Waals surface area contributed by atoms with Crippen molar-refractivity contribution in [3.8, 4) is 11.3 Å². The molecule has 2 nitrogen and oxygen atoms in total. The van der Waals surface area contributed by atoms with Crippen molar-refractivity contribution in [3.05, 3.63) is 64.0 Å². The van der Waals surface area contributed by atoms with Gasteiger partial charge in [0, 0.05) is 21.2 Å². The molecule has 0 spiro atoms. The average molecular weight is 329 g/mol. The lowest BCUT2D eigenvalue weighted by Crippen LogP contribution is -1.89. The van der Waals surface area contributed by atoms with Gasteiger partial charge in [0.1, 0.15) is 0 Å². The molecule has 1 heterocycles. The molecule has 0 aliphatic carbocycles. The monoisotopic (exact) mass is 328 g/mol. The van der Waals surface area contributed by atoms with Crippen LogP contribution >= 0.6 is 22.9 Å². The maximum Gasteiger partial charge on any atom is 0.187 e. The Morgan fingerprint density at radius 3 is 2.36 bits per heavy atom. The van der Waals surface area contributed by atoms with Crippen LogP contribution in [0, 0.1) is 6.92 Å². The molecule has 0 saturated carbocycles. The molecule has 3 rings (SSSR count). The van der Waals surface area contributed by atoms with Gasteiger partial charge in [-0.2, -0.15) is 0 Å². The van der Waals surface area contributed by atoms with E-state index in [1.165, 1.54) is 16.0 Å². The topological polar surface area (TPSA) is 24.9 Å². The maximum atomic E-state index is 5.92. The third-order valence-corrected chi connectivity index (χ3v) is 4.81. The molecule has 0 fully saturated rings. The molecule has 0 aliphatic rings. The highest BCUT2D eigenvalue weighted by Crippen LogP contribution is 2.33. The summed E-state index contributed by atoms with van der Waals surface area (Å²) < 4.78 is 0. The number of halogens is 1. The van der Waals surface area contributed by atoms with E-state index < -0.39 is 0 Å². The summed E-state index contributed by atoms with van der Waals surface area (Å²) in [6.07, 6.45) is 0.975. The predicted molar refractivity (Wildman–Crippen MR) is 96.4 cm³/mol. The maximum absolute atomic E-state index is 5.92. The fourth-order valence-electron chi connectivity index (χ4n) is 2.24. The summed E-state index contributed by atoms with van der Waals surface area (Å²) in [6.45, 7) is 4.26. The molecule has 1 N–H and O–H groups in total. The van der Waals surface area contributed by atoms with Crippen molar-refractivity contribution in [1.82, 2.24) is 4.98 Å². The fourth-order valence-corrected chi connectivity index (χ4v) is 3.31. The van der Waals surface area contributed by atoms with E-state index >= 15 is 0 Å². The van der Waals surface area contributed by atoms with E-state index in [1.54, 1.807) is 11.3 Å². The summed E-state index contributed by atoms with van der Waals surface area (Å²) in [6, 6.07) is 16.2. The number of rotatable bonds is 4. The SMILES string of the molecule is CCc1sc(Nc2ccc(Cl)cc2)nc1-c1ccc(C)cc1. The van der Waals surface area contributed by atoms with Gasteiger partial charge in [0.15, 0.2) is 5.13 Å². The highest BCUT2D eigenvalue weighted by Gasteiger charge is 2.12. The summed E-state index contributed by atoms with van der Waals surface area (Å²) in [5.41, 5.74) is 4.50. The average Bonchev–Trinajstić information content (AvgIpc) is 2.93. The van der Waals surface area contributed by atoms with Gasteiger partial charge in [-0.3, -0.25) is 0 Å². The third kappa shape index (κ3) is 3.32. The molecule has 22 heavy (non-hydrogen) atoms. The van der Waals surface area contributed by atoms with Crippen LogP contribution in [0.5, 0.6) is 0 Å². The molecule has 3 aromatic rings. The largest absolute Gasteiger partial charge is 0.332 e. The van der Waals surface area contributed by atoms with Crippen molar-refractivity contribution in [2.45, 2.75) is 20.3 Å². The number of hydrogen-bond acceptors (Lipinski definition) is 3. The molecule has 0 radical (unpaired) electrons. The number of anilines is 2. The van der Waals surface area contributed by atoms with Crippen LogP contribution < -0.4 is 5.32 Å². The summed E-state index contributed by atoms with van der Waals surface area (Å²) in [4.78, 5) is 6.07. The zero-order chi connectivity index (χ0) is 15.5. The number of benzene rings is 2. The van der Waals surface area contributed by atoms with Crippen molar-refractivity contribution < 1.29 is 0 Å². The number of thiazole rings is 1. The van der Waals surface area contributed by atoms with Gasteiger partial charge in [0.2, 0.25) is 0 Å². The molecule has 2 aromatic carbocycles. The number of aromatic nitrogens is 1. The van der Waals surface area contributed by atoms with Crippen molar-refractivity contribution in [3.63, 3.8) is 0 Å². The van der Waals surface area contributed by atoms with Crippen molar-refractivity contribution in [2.24, 2.45) is 0 Å². The highest BCUT2D eigenvalue weighted by atomic mass is 35.5. The van der Waals surface area contributed by atoms with Crippen LogP contribution in [0.2, 0.25) is 5.02 Å². The number of aryl methyl sites for hydroxylation is 2. The van der Waals surface area contributed by atoms with Gasteiger partial charge < -0.3 is 5.32 Å². The molecule has 0 bridgehead atoms. The molecule has 0 saturated heterocycles. The van der Waals surface area contributed by atoms with E-state index in [9.17, 15) is 0 Å². The van der Waals surface area contributed by atoms with Gasteiger partial charge in [-0.15, -0.1) is 11.3 Å². The second-order valence-corrected chi connectivity index (χ2v) is 6.66. The first kappa shape index (κ1) is 15.1. The lowest BCUT2D eigenvalue weighted by atomic mass is 10.1. The van der Waals surface area contributed by atoms with Crippen LogP contribution in [0.15, 0.2) is 48.5 Å². The van der Waals surface area contributed by atoms with Crippen molar-refractivity contribution >= 4 is 33.8 Å². The molecule has 4 heteroatoms. The summed E-state index contributed by atoms with van der Waals surface area (Å²) in [5.74, 6) is 0. The van der Waals surface area contributed by atoms with E-state index in [0.29, 0.717) is 0 Å². The van der Waals surface area contributed by atoms with E-state index in [4.69, 9.17) is 16.6 Å². The van der Waals surface area contributed by atoms with Crippen LogP contribution in [-0.4, -0.2) is 4.98 Å². The number of hydrogen-bond donors (Lipinski definition) is 1. The van der Waals surface area contributed by atoms with Gasteiger partial charge in [0.25, 0.3) is 0 Å². The Bertz CT molecular complexity index is 761. The minimum atomic E-state index is 0.735. The molecule has 0 amide bonds. The highest BCUT2D eigenvalue weighted by molar-refractivity contribution is 7.16.